The molecule has 1 aromatic heterocycles. The summed E-state index contributed by atoms with van der Waals surface area (Å²) in [6, 6.07) is 11.3. The van der Waals surface area contributed by atoms with Crippen molar-refractivity contribution in [3.8, 4) is 0 Å². The summed E-state index contributed by atoms with van der Waals surface area (Å²) in [7, 11) is 0. The van der Waals surface area contributed by atoms with E-state index >= 15 is 0 Å². The molecule has 4 rings (SSSR count). The largest absolute Gasteiger partial charge is 0.338 e. The van der Waals surface area contributed by atoms with Crippen LogP contribution < -0.4 is 10.6 Å². The van der Waals surface area contributed by atoms with Crippen molar-refractivity contribution in [2.24, 2.45) is 5.92 Å². The Morgan fingerprint density at radius 3 is 2.67 bits per heavy atom. The molecule has 0 aliphatic heterocycles. The van der Waals surface area contributed by atoms with Gasteiger partial charge in [-0.1, -0.05) is 36.6 Å². The van der Waals surface area contributed by atoms with Gasteiger partial charge in [0.15, 0.2) is 5.82 Å². The number of carbonyl (C=O) groups excluding carboxylic acids is 2. The lowest BCUT2D eigenvalue weighted by Crippen LogP contribution is -2.25. The number of thioether (sulfide) groups is 1. The van der Waals surface area contributed by atoms with E-state index in [1.165, 1.54) is 30.0 Å². The van der Waals surface area contributed by atoms with Gasteiger partial charge in [0.1, 0.15) is 5.82 Å². The van der Waals surface area contributed by atoms with Gasteiger partial charge >= 0.3 is 0 Å². The molecule has 9 heteroatoms. The molecule has 1 aliphatic carbocycles. The summed E-state index contributed by atoms with van der Waals surface area (Å²) in [6.07, 6.45) is 4.80. The average Bonchev–Trinajstić information content (AvgIpc) is 3.25. The van der Waals surface area contributed by atoms with Crippen LogP contribution in [0, 0.1) is 18.7 Å². The first-order valence-corrected chi connectivity index (χ1v) is 11.9. The standard InChI is InChI=1S/C24H25FN4O3S/c1-15-26-22(32-29-15)14-33-21-10-6-5-9-18(21)24(31)27-17-11-12-19(25)20(13-17)28-23(30)16-7-3-2-4-8-16/h5-6,9-13,16H,2-4,7-8,14H2,1H3,(H,27,31)(H,28,30). The summed E-state index contributed by atoms with van der Waals surface area (Å²) in [5, 5.41) is 9.26. The first-order chi connectivity index (χ1) is 16.0. The van der Waals surface area contributed by atoms with Gasteiger partial charge in [-0.05, 0) is 50.1 Å². The van der Waals surface area contributed by atoms with Gasteiger partial charge in [0.2, 0.25) is 11.8 Å². The Morgan fingerprint density at radius 1 is 1.12 bits per heavy atom. The Hall–Kier alpha value is -3.20. The van der Waals surface area contributed by atoms with Gasteiger partial charge in [-0.25, -0.2) is 4.39 Å². The van der Waals surface area contributed by atoms with Crippen LogP contribution in [0.15, 0.2) is 51.9 Å². The van der Waals surface area contributed by atoms with Crippen molar-refractivity contribution in [3.05, 3.63) is 65.6 Å². The summed E-state index contributed by atoms with van der Waals surface area (Å²) < 4.78 is 19.5. The van der Waals surface area contributed by atoms with Crippen LogP contribution in [0.5, 0.6) is 0 Å². The fourth-order valence-corrected chi connectivity index (χ4v) is 4.70. The maximum absolute atomic E-state index is 14.3. The number of benzene rings is 2. The molecule has 0 unspecified atom stereocenters. The van der Waals surface area contributed by atoms with E-state index in [9.17, 15) is 14.0 Å². The average molecular weight is 469 g/mol. The predicted octanol–water partition coefficient (Wildman–Crippen LogP) is 5.58. The molecule has 0 radical (unpaired) electrons. The van der Waals surface area contributed by atoms with Crippen LogP contribution in [0.3, 0.4) is 0 Å². The predicted molar refractivity (Wildman–Crippen MR) is 125 cm³/mol. The van der Waals surface area contributed by atoms with Crippen LogP contribution >= 0.6 is 11.8 Å². The zero-order valence-corrected chi connectivity index (χ0v) is 19.1. The summed E-state index contributed by atoms with van der Waals surface area (Å²) in [4.78, 5) is 30.4. The number of amides is 2. The van der Waals surface area contributed by atoms with Gasteiger partial charge in [0.25, 0.3) is 5.91 Å². The van der Waals surface area contributed by atoms with E-state index in [1.54, 1.807) is 19.1 Å². The molecular weight excluding hydrogens is 443 g/mol. The summed E-state index contributed by atoms with van der Waals surface area (Å²) in [5.74, 6) is 0.319. The van der Waals surface area contributed by atoms with Gasteiger partial charge in [-0.2, -0.15) is 4.98 Å². The molecule has 0 saturated heterocycles. The van der Waals surface area contributed by atoms with Crippen LogP contribution in [-0.4, -0.2) is 22.0 Å². The smallest absolute Gasteiger partial charge is 0.256 e. The third-order valence-electron chi connectivity index (χ3n) is 5.51. The molecule has 3 aromatic rings. The number of nitrogens with one attached hydrogen (secondary N) is 2. The molecule has 2 aromatic carbocycles. The third kappa shape index (κ3) is 5.98. The highest BCUT2D eigenvalue weighted by Gasteiger charge is 2.22. The normalized spacial score (nSPS) is 14.1. The summed E-state index contributed by atoms with van der Waals surface area (Å²) in [5.41, 5.74) is 0.932. The molecule has 1 fully saturated rings. The van der Waals surface area contributed by atoms with E-state index in [1.807, 2.05) is 12.1 Å². The SMILES string of the molecule is Cc1noc(CSc2ccccc2C(=O)Nc2ccc(F)c(NC(=O)C3CCCCC3)c2)n1. The lowest BCUT2D eigenvalue weighted by molar-refractivity contribution is -0.120. The molecule has 33 heavy (non-hydrogen) atoms. The van der Waals surface area contributed by atoms with Crippen LogP contribution in [0.2, 0.25) is 0 Å². The van der Waals surface area contributed by atoms with Crippen LogP contribution in [-0.2, 0) is 10.5 Å². The van der Waals surface area contributed by atoms with E-state index in [0.717, 1.165) is 37.0 Å². The molecule has 1 saturated carbocycles. The highest BCUT2D eigenvalue weighted by molar-refractivity contribution is 7.98. The minimum atomic E-state index is -0.539. The third-order valence-corrected chi connectivity index (χ3v) is 6.57. The van der Waals surface area contributed by atoms with Gasteiger partial charge in [0, 0.05) is 16.5 Å². The van der Waals surface area contributed by atoms with Crippen molar-refractivity contribution in [3.63, 3.8) is 0 Å². The van der Waals surface area contributed by atoms with E-state index in [2.05, 4.69) is 20.8 Å². The zero-order chi connectivity index (χ0) is 23.2. The molecule has 1 heterocycles. The molecular formula is C24H25FN4O3S. The Morgan fingerprint density at radius 2 is 1.91 bits per heavy atom. The second kappa shape index (κ2) is 10.6. The van der Waals surface area contributed by atoms with Crippen molar-refractivity contribution in [1.29, 1.82) is 0 Å². The minimum Gasteiger partial charge on any atom is -0.338 e. The van der Waals surface area contributed by atoms with Crippen LogP contribution in [0.25, 0.3) is 0 Å². The number of hydrogen-bond acceptors (Lipinski definition) is 6. The Balaban J connectivity index is 1.44. The van der Waals surface area contributed by atoms with Gasteiger partial charge < -0.3 is 15.2 Å². The second-order valence-electron chi connectivity index (χ2n) is 7.99. The molecule has 2 amide bonds. The van der Waals surface area contributed by atoms with E-state index < -0.39 is 5.82 Å². The molecule has 172 valence electrons. The number of nitrogens with zero attached hydrogens (tertiary/aromatic N) is 2. The maximum Gasteiger partial charge on any atom is 0.256 e. The summed E-state index contributed by atoms with van der Waals surface area (Å²) >= 11 is 1.41. The van der Waals surface area contributed by atoms with Gasteiger partial charge in [0.05, 0.1) is 17.0 Å². The topological polar surface area (TPSA) is 97.1 Å². The number of carbonyl (C=O) groups is 2. The van der Waals surface area contributed by atoms with Crippen molar-refractivity contribution in [1.82, 2.24) is 10.1 Å². The van der Waals surface area contributed by atoms with Crippen molar-refractivity contribution in [2.45, 2.75) is 49.7 Å². The number of anilines is 2. The lowest BCUT2D eigenvalue weighted by atomic mass is 9.88. The van der Waals surface area contributed by atoms with Gasteiger partial charge in [-0.15, -0.1) is 11.8 Å². The quantitative estimate of drug-likeness (QED) is 0.439. The van der Waals surface area contributed by atoms with Crippen LogP contribution in [0.1, 0.15) is 54.2 Å². The first kappa shape index (κ1) is 23.0. The lowest BCUT2D eigenvalue weighted by Gasteiger charge is -2.21. The maximum atomic E-state index is 14.3. The number of aromatic nitrogens is 2. The Bertz CT molecular complexity index is 1140. The molecule has 1 aliphatic rings. The Labute approximate surface area is 195 Å². The number of halogens is 1. The molecule has 2 N–H and O–H groups in total. The molecule has 0 spiro atoms. The Kier molecular flexibility index (Phi) is 7.39. The van der Waals surface area contributed by atoms with E-state index in [0.29, 0.717) is 28.7 Å². The second-order valence-corrected chi connectivity index (χ2v) is 9.01. The van der Waals surface area contributed by atoms with E-state index in [-0.39, 0.29) is 23.4 Å². The van der Waals surface area contributed by atoms with Crippen molar-refractivity contribution < 1.29 is 18.5 Å². The number of hydrogen-bond donors (Lipinski definition) is 2. The zero-order valence-electron chi connectivity index (χ0n) is 18.3. The van der Waals surface area contributed by atoms with E-state index in [4.69, 9.17) is 4.52 Å². The fourth-order valence-electron chi connectivity index (χ4n) is 3.82. The van der Waals surface area contributed by atoms with Gasteiger partial charge in [-0.3, -0.25) is 9.59 Å². The number of rotatable bonds is 7. The van der Waals surface area contributed by atoms with Crippen molar-refractivity contribution >= 4 is 35.0 Å². The highest BCUT2D eigenvalue weighted by atomic mass is 32.2. The van der Waals surface area contributed by atoms with Crippen LogP contribution in [0.4, 0.5) is 15.8 Å². The molecule has 0 bridgehead atoms. The minimum absolute atomic E-state index is 0.0674. The van der Waals surface area contributed by atoms with Crippen molar-refractivity contribution in [2.75, 3.05) is 10.6 Å². The number of aryl methyl sites for hydroxylation is 1. The summed E-state index contributed by atoms with van der Waals surface area (Å²) in [6.45, 7) is 1.74. The monoisotopic (exact) mass is 468 g/mol. The highest BCUT2D eigenvalue weighted by Crippen LogP contribution is 2.29. The first-order valence-electron chi connectivity index (χ1n) is 10.9. The molecule has 7 nitrogen and oxygen atoms in total. The fraction of sp³-hybridized carbons (Fsp3) is 0.333. The molecule has 0 atom stereocenters.